The molecule has 1 heterocycles. The maximum absolute atomic E-state index is 12.2. The van der Waals surface area contributed by atoms with Gasteiger partial charge in [-0.05, 0) is 37.3 Å². The van der Waals surface area contributed by atoms with E-state index in [1.807, 2.05) is 0 Å². The van der Waals surface area contributed by atoms with Crippen LogP contribution in [0.5, 0.6) is 5.75 Å². The van der Waals surface area contributed by atoms with Crippen molar-refractivity contribution in [2.45, 2.75) is 18.4 Å². The van der Waals surface area contributed by atoms with Crippen molar-refractivity contribution in [3.05, 3.63) is 42.1 Å². The third kappa shape index (κ3) is 3.67. The Morgan fingerprint density at radius 2 is 2.14 bits per heavy atom. The predicted octanol–water partition coefficient (Wildman–Crippen LogP) is 1.17. The molecule has 2 aromatic rings. The molecule has 0 fully saturated rings. The minimum atomic E-state index is -3.80. The van der Waals surface area contributed by atoms with Crippen molar-refractivity contribution in [2.75, 3.05) is 11.3 Å². The summed E-state index contributed by atoms with van der Waals surface area (Å²) < 4.78 is 32.1. The summed E-state index contributed by atoms with van der Waals surface area (Å²) in [5.74, 6) is 0.579. The zero-order valence-corrected chi connectivity index (χ0v) is 12.2. The summed E-state index contributed by atoms with van der Waals surface area (Å²) in [6.07, 6.45) is 1.44. The molecule has 0 saturated heterocycles. The van der Waals surface area contributed by atoms with Gasteiger partial charge in [-0.2, -0.15) is 5.10 Å². The summed E-state index contributed by atoms with van der Waals surface area (Å²) in [6, 6.07) is 7.35. The first-order chi connectivity index (χ1) is 10.1. The smallest absolute Gasteiger partial charge is 0.263 e. The molecule has 8 heteroatoms. The fraction of sp³-hybridized carbons (Fsp3) is 0.231. The van der Waals surface area contributed by atoms with Crippen LogP contribution in [0, 0.1) is 0 Å². The van der Waals surface area contributed by atoms with Crippen LogP contribution in [0.1, 0.15) is 12.5 Å². The van der Waals surface area contributed by atoms with Gasteiger partial charge in [0, 0.05) is 11.8 Å². The number of aromatic nitrogens is 2. The molecule has 0 saturated carbocycles. The lowest BCUT2D eigenvalue weighted by Gasteiger charge is -2.11. The Hall–Kier alpha value is -2.19. The van der Waals surface area contributed by atoms with Crippen LogP contribution in [0.4, 0.5) is 5.82 Å². The summed E-state index contributed by atoms with van der Waals surface area (Å²) in [6.45, 7) is 1.92. The largest absolute Gasteiger partial charge is 0.494 e. The summed E-state index contributed by atoms with van der Waals surface area (Å²) in [5.41, 5.74) is 0.402. The van der Waals surface area contributed by atoms with Crippen molar-refractivity contribution in [1.29, 1.82) is 0 Å². The second kappa shape index (κ2) is 6.51. The predicted molar refractivity (Wildman–Crippen MR) is 76.4 cm³/mol. The highest BCUT2D eigenvalue weighted by Crippen LogP contribution is 2.23. The average molecular weight is 309 g/mol. The Balaban J connectivity index is 2.32. The van der Waals surface area contributed by atoms with E-state index in [2.05, 4.69) is 14.9 Å². The van der Waals surface area contributed by atoms with Crippen LogP contribution >= 0.6 is 0 Å². The number of hydrogen-bond donors (Lipinski definition) is 2. The van der Waals surface area contributed by atoms with Crippen LogP contribution in [-0.4, -0.2) is 30.3 Å². The van der Waals surface area contributed by atoms with Gasteiger partial charge in [-0.25, -0.2) is 8.42 Å². The number of sulfonamides is 1. The molecule has 2 N–H and O–H groups in total. The molecule has 0 aliphatic heterocycles. The SMILES string of the molecule is CCOc1ccc(S(=O)(=O)Nc2cccnn2)cc1CO. The van der Waals surface area contributed by atoms with Gasteiger partial charge in [-0.3, -0.25) is 4.72 Å². The number of nitrogens with one attached hydrogen (secondary N) is 1. The second-order valence-electron chi connectivity index (χ2n) is 4.08. The molecule has 0 spiro atoms. The Labute approximate surface area is 122 Å². The van der Waals surface area contributed by atoms with E-state index in [9.17, 15) is 13.5 Å². The number of hydrogen-bond acceptors (Lipinski definition) is 6. The van der Waals surface area contributed by atoms with E-state index in [4.69, 9.17) is 4.74 Å². The van der Waals surface area contributed by atoms with Gasteiger partial charge in [0.2, 0.25) is 0 Å². The van der Waals surface area contributed by atoms with E-state index in [0.717, 1.165) is 0 Å². The third-order valence-corrected chi connectivity index (χ3v) is 3.98. The number of aliphatic hydroxyl groups is 1. The molecule has 1 aromatic heterocycles. The molecule has 0 bridgehead atoms. The molecular weight excluding hydrogens is 294 g/mol. The van der Waals surface area contributed by atoms with Crippen LogP contribution in [-0.2, 0) is 16.6 Å². The average Bonchev–Trinajstić information content (AvgIpc) is 2.48. The molecule has 0 unspecified atom stereocenters. The van der Waals surface area contributed by atoms with E-state index in [1.54, 1.807) is 13.0 Å². The summed E-state index contributed by atoms with van der Waals surface area (Å²) in [5, 5.41) is 16.6. The Kier molecular flexibility index (Phi) is 4.71. The fourth-order valence-electron chi connectivity index (χ4n) is 1.70. The second-order valence-corrected chi connectivity index (χ2v) is 5.76. The van der Waals surface area contributed by atoms with Crippen molar-refractivity contribution in [3.8, 4) is 5.75 Å². The van der Waals surface area contributed by atoms with Gasteiger partial charge in [0.15, 0.2) is 5.82 Å². The fourth-order valence-corrected chi connectivity index (χ4v) is 2.74. The van der Waals surface area contributed by atoms with Gasteiger partial charge < -0.3 is 9.84 Å². The lowest BCUT2D eigenvalue weighted by Crippen LogP contribution is -2.14. The van der Waals surface area contributed by atoms with E-state index < -0.39 is 10.0 Å². The van der Waals surface area contributed by atoms with Crippen LogP contribution in [0.2, 0.25) is 0 Å². The molecule has 21 heavy (non-hydrogen) atoms. The molecule has 0 atom stereocenters. The Bertz CT molecular complexity index is 705. The van der Waals surface area contributed by atoms with Crippen LogP contribution in [0.25, 0.3) is 0 Å². The zero-order chi connectivity index (χ0) is 15.3. The van der Waals surface area contributed by atoms with Crippen LogP contribution < -0.4 is 9.46 Å². The molecule has 7 nitrogen and oxygen atoms in total. The number of aliphatic hydroxyl groups excluding tert-OH is 1. The van der Waals surface area contributed by atoms with Gasteiger partial charge in [-0.15, -0.1) is 5.10 Å². The maximum Gasteiger partial charge on any atom is 0.263 e. The van der Waals surface area contributed by atoms with E-state index in [1.165, 1.54) is 30.5 Å². The van der Waals surface area contributed by atoms with E-state index in [-0.39, 0.29) is 17.3 Å². The monoisotopic (exact) mass is 309 g/mol. The topological polar surface area (TPSA) is 101 Å². The number of rotatable bonds is 6. The highest BCUT2D eigenvalue weighted by atomic mass is 32.2. The Morgan fingerprint density at radius 1 is 1.33 bits per heavy atom. The lowest BCUT2D eigenvalue weighted by molar-refractivity contribution is 0.266. The molecule has 0 radical (unpaired) electrons. The van der Waals surface area contributed by atoms with Gasteiger partial charge in [0.25, 0.3) is 10.0 Å². The number of benzene rings is 1. The minimum absolute atomic E-state index is 0.0145. The van der Waals surface area contributed by atoms with Crippen molar-refractivity contribution in [3.63, 3.8) is 0 Å². The first-order valence-electron chi connectivity index (χ1n) is 6.24. The standard InChI is InChI=1S/C13H15N3O4S/c1-2-20-12-6-5-11(8-10(12)9-17)21(18,19)16-13-4-3-7-14-15-13/h3-8,17H,2,9H2,1H3,(H,15,16). The van der Waals surface area contributed by atoms with Crippen molar-refractivity contribution in [2.24, 2.45) is 0 Å². The summed E-state index contributed by atoms with van der Waals surface area (Å²) in [4.78, 5) is 0.0145. The molecule has 0 aliphatic rings. The first-order valence-corrected chi connectivity index (χ1v) is 7.72. The van der Waals surface area contributed by atoms with Crippen LogP contribution in [0.3, 0.4) is 0 Å². The number of anilines is 1. The quantitative estimate of drug-likeness (QED) is 0.830. The summed E-state index contributed by atoms with van der Waals surface area (Å²) >= 11 is 0. The van der Waals surface area contributed by atoms with Crippen molar-refractivity contribution >= 4 is 15.8 Å². The third-order valence-electron chi connectivity index (χ3n) is 2.62. The van der Waals surface area contributed by atoms with Gasteiger partial charge in [0.1, 0.15) is 5.75 Å². The van der Waals surface area contributed by atoms with Crippen LogP contribution in [0.15, 0.2) is 41.4 Å². The minimum Gasteiger partial charge on any atom is -0.494 e. The van der Waals surface area contributed by atoms with E-state index >= 15 is 0 Å². The van der Waals surface area contributed by atoms with Gasteiger partial charge in [-0.1, -0.05) is 0 Å². The molecule has 1 aromatic carbocycles. The summed E-state index contributed by atoms with van der Waals surface area (Å²) in [7, 11) is -3.80. The highest BCUT2D eigenvalue weighted by Gasteiger charge is 2.17. The number of nitrogens with zero attached hydrogens (tertiary/aromatic N) is 2. The molecule has 0 aliphatic carbocycles. The lowest BCUT2D eigenvalue weighted by atomic mass is 10.2. The zero-order valence-electron chi connectivity index (χ0n) is 11.4. The van der Waals surface area contributed by atoms with Gasteiger partial charge >= 0.3 is 0 Å². The van der Waals surface area contributed by atoms with E-state index in [0.29, 0.717) is 17.9 Å². The van der Waals surface area contributed by atoms with Crippen molar-refractivity contribution in [1.82, 2.24) is 10.2 Å². The number of ether oxygens (including phenoxy) is 1. The Morgan fingerprint density at radius 3 is 2.76 bits per heavy atom. The molecule has 112 valence electrons. The molecular formula is C13H15N3O4S. The normalized spacial score (nSPS) is 11.1. The molecule has 2 rings (SSSR count). The molecule has 0 amide bonds. The highest BCUT2D eigenvalue weighted by molar-refractivity contribution is 7.92. The first kappa shape index (κ1) is 15.2. The maximum atomic E-state index is 12.2. The van der Waals surface area contributed by atoms with Gasteiger partial charge in [0.05, 0.1) is 18.1 Å². The van der Waals surface area contributed by atoms with Crippen molar-refractivity contribution < 1.29 is 18.3 Å².